The van der Waals surface area contributed by atoms with E-state index >= 15 is 0 Å². The molecular formula is C13H12N4. The summed E-state index contributed by atoms with van der Waals surface area (Å²) in [4.78, 5) is 0. The maximum Gasteiger partial charge on any atom is 0.0991 e. The minimum absolute atomic E-state index is 0.671. The third-order valence-electron chi connectivity index (χ3n) is 2.32. The van der Waals surface area contributed by atoms with Crippen molar-refractivity contribution in [2.75, 3.05) is 0 Å². The maximum absolute atomic E-state index is 8.78. The standard InChI is InChI=1S/C13H12N4/c14-8-11-3-1-4-12(7-11)9-15-10-13-5-2-6-16-17-13/h1-7,15H,9-10H2. The normalized spacial score (nSPS) is 9.82. The monoisotopic (exact) mass is 224 g/mol. The lowest BCUT2D eigenvalue weighted by molar-refractivity contribution is 0.670. The van der Waals surface area contributed by atoms with E-state index in [-0.39, 0.29) is 0 Å². The lowest BCUT2D eigenvalue weighted by Gasteiger charge is -2.04. The zero-order valence-electron chi connectivity index (χ0n) is 9.30. The summed E-state index contributed by atoms with van der Waals surface area (Å²) in [5.41, 5.74) is 2.68. The van der Waals surface area contributed by atoms with Crippen molar-refractivity contribution < 1.29 is 0 Å². The van der Waals surface area contributed by atoms with E-state index in [4.69, 9.17) is 5.26 Å². The first-order valence-corrected chi connectivity index (χ1v) is 5.35. The van der Waals surface area contributed by atoms with Crippen molar-refractivity contribution in [1.82, 2.24) is 15.5 Å². The van der Waals surface area contributed by atoms with Crippen molar-refractivity contribution >= 4 is 0 Å². The molecule has 17 heavy (non-hydrogen) atoms. The highest BCUT2D eigenvalue weighted by Crippen LogP contribution is 2.03. The van der Waals surface area contributed by atoms with Crippen LogP contribution in [0.15, 0.2) is 42.6 Å². The maximum atomic E-state index is 8.78. The minimum Gasteiger partial charge on any atom is -0.307 e. The van der Waals surface area contributed by atoms with E-state index in [1.165, 1.54) is 0 Å². The summed E-state index contributed by atoms with van der Waals surface area (Å²) in [5.74, 6) is 0. The number of nitriles is 1. The van der Waals surface area contributed by atoms with Gasteiger partial charge >= 0.3 is 0 Å². The molecule has 4 heteroatoms. The van der Waals surface area contributed by atoms with Crippen LogP contribution in [0.3, 0.4) is 0 Å². The van der Waals surface area contributed by atoms with Crippen molar-refractivity contribution in [3.05, 3.63) is 59.4 Å². The Kier molecular flexibility index (Phi) is 3.79. The average molecular weight is 224 g/mol. The molecule has 0 aliphatic heterocycles. The van der Waals surface area contributed by atoms with E-state index < -0.39 is 0 Å². The van der Waals surface area contributed by atoms with Crippen molar-refractivity contribution in [1.29, 1.82) is 5.26 Å². The topological polar surface area (TPSA) is 61.6 Å². The molecule has 0 bridgehead atoms. The Morgan fingerprint density at radius 1 is 1.18 bits per heavy atom. The molecule has 2 aromatic rings. The molecule has 84 valence electrons. The van der Waals surface area contributed by atoms with Gasteiger partial charge in [-0.2, -0.15) is 15.5 Å². The second kappa shape index (κ2) is 5.73. The number of aromatic nitrogens is 2. The van der Waals surface area contributed by atoms with Gasteiger partial charge < -0.3 is 5.32 Å². The van der Waals surface area contributed by atoms with Crippen LogP contribution in [0.4, 0.5) is 0 Å². The summed E-state index contributed by atoms with van der Waals surface area (Å²) >= 11 is 0. The Balaban J connectivity index is 1.88. The number of nitrogens with one attached hydrogen (secondary N) is 1. The fraction of sp³-hybridized carbons (Fsp3) is 0.154. The first-order chi connectivity index (χ1) is 8.38. The highest BCUT2D eigenvalue weighted by molar-refractivity contribution is 5.32. The SMILES string of the molecule is N#Cc1cccc(CNCc2cccnn2)c1. The van der Waals surface area contributed by atoms with Gasteiger partial charge in [-0.25, -0.2) is 0 Å². The fourth-order valence-electron chi connectivity index (χ4n) is 1.51. The molecule has 0 atom stereocenters. The molecule has 4 nitrogen and oxygen atoms in total. The summed E-state index contributed by atoms with van der Waals surface area (Å²) in [7, 11) is 0. The Morgan fingerprint density at radius 2 is 2.12 bits per heavy atom. The molecule has 0 unspecified atom stereocenters. The summed E-state index contributed by atoms with van der Waals surface area (Å²) in [5, 5.41) is 19.8. The predicted octanol–water partition coefficient (Wildman–Crippen LogP) is 1.64. The molecule has 0 radical (unpaired) electrons. The third-order valence-corrected chi connectivity index (χ3v) is 2.32. The summed E-state index contributed by atoms with van der Waals surface area (Å²) in [6, 6.07) is 13.5. The van der Waals surface area contributed by atoms with Gasteiger partial charge in [-0.15, -0.1) is 0 Å². The highest BCUT2D eigenvalue weighted by Gasteiger charge is 1.96. The fourth-order valence-corrected chi connectivity index (χ4v) is 1.51. The van der Waals surface area contributed by atoms with E-state index in [0.29, 0.717) is 18.7 Å². The Labute approximate surface area is 99.9 Å². The predicted molar refractivity (Wildman–Crippen MR) is 63.7 cm³/mol. The average Bonchev–Trinajstić information content (AvgIpc) is 2.40. The van der Waals surface area contributed by atoms with E-state index in [2.05, 4.69) is 21.6 Å². The van der Waals surface area contributed by atoms with Crippen LogP contribution in [0.2, 0.25) is 0 Å². The number of hydrogen-bond acceptors (Lipinski definition) is 4. The zero-order valence-corrected chi connectivity index (χ0v) is 9.30. The lowest BCUT2D eigenvalue weighted by Crippen LogP contribution is -2.13. The van der Waals surface area contributed by atoms with Crippen LogP contribution < -0.4 is 5.32 Å². The van der Waals surface area contributed by atoms with Gasteiger partial charge in [0.15, 0.2) is 0 Å². The zero-order chi connectivity index (χ0) is 11.9. The number of nitrogens with zero attached hydrogens (tertiary/aromatic N) is 3. The van der Waals surface area contributed by atoms with E-state index in [9.17, 15) is 0 Å². The van der Waals surface area contributed by atoms with Gasteiger partial charge in [0, 0.05) is 19.3 Å². The second-order valence-electron chi connectivity index (χ2n) is 3.63. The van der Waals surface area contributed by atoms with Crippen LogP contribution >= 0.6 is 0 Å². The van der Waals surface area contributed by atoms with Crippen LogP contribution in [-0.2, 0) is 13.1 Å². The summed E-state index contributed by atoms with van der Waals surface area (Å²) < 4.78 is 0. The van der Waals surface area contributed by atoms with Crippen molar-refractivity contribution in [3.8, 4) is 6.07 Å². The first-order valence-electron chi connectivity index (χ1n) is 5.35. The summed E-state index contributed by atoms with van der Waals surface area (Å²) in [6.45, 7) is 1.39. The second-order valence-corrected chi connectivity index (χ2v) is 3.63. The minimum atomic E-state index is 0.671. The molecule has 0 amide bonds. The third kappa shape index (κ3) is 3.37. The van der Waals surface area contributed by atoms with Gasteiger partial charge in [-0.05, 0) is 29.8 Å². The number of benzene rings is 1. The number of rotatable bonds is 4. The molecule has 2 rings (SSSR count). The van der Waals surface area contributed by atoms with Gasteiger partial charge in [0.25, 0.3) is 0 Å². The molecule has 0 fully saturated rings. The van der Waals surface area contributed by atoms with Crippen LogP contribution in [0.1, 0.15) is 16.8 Å². The molecule has 1 N–H and O–H groups in total. The van der Waals surface area contributed by atoms with Crippen LogP contribution in [0.5, 0.6) is 0 Å². The number of hydrogen-bond donors (Lipinski definition) is 1. The van der Waals surface area contributed by atoms with E-state index in [0.717, 1.165) is 11.3 Å². The van der Waals surface area contributed by atoms with Gasteiger partial charge in [0.2, 0.25) is 0 Å². The highest BCUT2D eigenvalue weighted by atomic mass is 15.1. The van der Waals surface area contributed by atoms with Gasteiger partial charge in [-0.1, -0.05) is 12.1 Å². The Morgan fingerprint density at radius 3 is 2.88 bits per heavy atom. The smallest absolute Gasteiger partial charge is 0.0991 e. The lowest BCUT2D eigenvalue weighted by atomic mass is 10.1. The van der Waals surface area contributed by atoms with Crippen molar-refractivity contribution in [2.24, 2.45) is 0 Å². The molecule has 1 aromatic heterocycles. The van der Waals surface area contributed by atoms with Crippen molar-refractivity contribution in [2.45, 2.75) is 13.1 Å². The molecule has 0 aliphatic rings. The molecule has 0 saturated heterocycles. The molecular weight excluding hydrogens is 212 g/mol. The quantitative estimate of drug-likeness (QED) is 0.857. The Hall–Kier alpha value is -2.25. The van der Waals surface area contributed by atoms with Crippen LogP contribution in [0, 0.1) is 11.3 Å². The Bertz CT molecular complexity index is 516. The molecule has 0 spiro atoms. The molecule has 0 aliphatic carbocycles. The largest absolute Gasteiger partial charge is 0.307 e. The van der Waals surface area contributed by atoms with Crippen LogP contribution in [-0.4, -0.2) is 10.2 Å². The van der Waals surface area contributed by atoms with E-state index in [1.807, 2.05) is 30.3 Å². The van der Waals surface area contributed by atoms with Gasteiger partial charge in [-0.3, -0.25) is 0 Å². The van der Waals surface area contributed by atoms with Gasteiger partial charge in [0.05, 0.1) is 17.3 Å². The van der Waals surface area contributed by atoms with Crippen molar-refractivity contribution in [3.63, 3.8) is 0 Å². The summed E-state index contributed by atoms with van der Waals surface area (Å²) in [6.07, 6.45) is 1.65. The molecule has 1 heterocycles. The first kappa shape index (κ1) is 11.2. The molecule has 0 saturated carbocycles. The van der Waals surface area contributed by atoms with Gasteiger partial charge in [0.1, 0.15) is 0 Å². The van der Waals surface area contributed by atoms with E-state index in [1.54, 1.807) is 12.3 Å². The van der Waals surface area contributed by atoms with Crippen LogP contribution in [0.25, 0.3) is 0 Å². The molecule has 1 aromatic carbocycles.